The molecular formula is C14H11N3O2S. The number of thiazole rings is 1. The van der Waals surface area contributed by atoms with Crippen LogP contribution < -0.4 is 5.32 Å². The lowest BCUT2D eigenvalue weighted by Crippen LogP contribution is -2.13. The van der Waals surface area contributed by atoms with Crippen molar-refractivity contribution in [1.82, 2.24) is 9.97 Å². The number of aryl methyl sites for hydroxylation is 1. The van der Waals surface area contributed by atoms with Crippen LogP contribution in [0.25, 0.3) is 11.3 Å². The van der Waals surface area contributed by atoms with E-state index in [4.69, 9.17) is 4.42 Å². The molecule has 3 aromatic rings. The van der Waals surface area contributed by atoms with Gasteiger partial charge in [0, 0.05) is 10.9 Å². The molecule has 2 heterocycles. The van der Waals surface area contributed by atoms with E-state index in [-0.39, 0.29) is 11.6 Å². The van der Waals surface area contributed by atoms with Crippen molar-refractivity contribution in [2.24, 2.45) is 0 Å². The quantitative estimate of drug-likeness (QED) is 0.801. The van der Waals surface area contributed by atoms with E-state index in [1.54, 1.807) is 0 Å². The van der Waals surface area contributed by atoms with Gasteiger partial charge in [-0.3, -0.25) is 10.1 Å². The predicted octanol–water partition coefficient (Wildman–Crippen LogP) is 3.36. The van der Waals surface area contributed by atoms with Crippen molar-refractivity contribution >= 4 is 22.4 Å². The summed E-state index contributed by atoms with van der Waals surface area (Å²) in [6.45, 7) is 1.87. The Labute approximate surface area is 119 Å². The van der Waals surface area contributed by atoms with Crippen molar-refractivity contribution in [2.45, 2.75) is 6.92 Å². The minimum Gasteiger partial charge on any atom is -0.443 e. The average Bonchev–Trinajstić information content (AvgIpc) is 3.09. The highest BCUT2D eigenvalue weighted by molar-refractivity contribution is 7.13. The molecule has 0 saturated heterocycles. The molecular weight excluding hydrogens is 274 g/mol. The Balaban J connectivity index is 1.88. The zero-order chi connectivity index (χ0) is 13.9. The van der Waals surface area contributed by atoms with E-state index in [1.165, 1.54) is 17.7 Å². The van der Waals surface area contributed by atoms with Crippen LogP contribution >= 0.6 is 11.3 Å². The standard InChI is InChI=1S/C14H11N3O2S/c1-9-7-20-14(16-9)17-13(18)11-12(19-8-15-11)10-5-3-2-4-6-10/h2-8H,1H3,(H,16,17,18). The molecule has 3 rings (SSSR count). The van der Waals surface area contributed by atoms with Gasteiger partial charge in [0.2, 0.25) is 0 Å². The van der Waals surface area contributed by atoms with Crippen LogP contribution in [-0.4, -0.2) is 15.9 Å². The molecule has 0 atom stereocenters. The number of benzene rings is 1. The maximum absolute atomic E-state index is 12.2. The van der Waals surface area contributed by atoms with Crippen molar-refractivity contribution in [3.8, 4) is 11.3 Å². The van der Waals surface area contributed by atoms with E-state index in [9.17, 15) is 4.79 Å². The number of rotatable bonds is 3. The molecule has 0 radical (unpaired) electrons. The van der Waals surface area contributed by atoms with E-state index in [1.807, 2.05) is 42.6 Å². The van der Waals surface area contributed by atoms with Gasteiger partial charge in [0.1, 0.15) is 0 Å². The fourth-order valence-electron chi connectivity index (χ4n) is 1.77. The molecule has 6 heteroatoms. The van der Waals surface area contributed by atoms with Crippen molar-refractivity contribution in [1.29, 1.82) is 0 Å². The Morgan fingerprint density at radius 2 is 2.10 bits per heavy atom. The Morgan fingerprint density at radius 1 is 1.30 bits per heavy atom. The second-order valence-electron chi connectivity index (χ2n) is 4.14. The van der Waals surface area contributed by atoms with Crippen molar-refractivity contribution in [2.75, 3.05) is 5.32 Å². The van der Waals surface area contributed by atoms with E-state index in [2.05, 4.69) is 15.3 Å². The first kappa shape index (κ1) is 12.6. The van der Waals surface area contributed by atoms with Gasteiger partial charge in [-0.05, 0) is 6.92 Å². The van der Waals surface area contributed by atoms with Gasteiger partial charge < -0.3 is 4.42 Å². The van der Waals surface area contributed by atoms with E-state index in [0.717, 1.165) is 11.3 Å². The minimum absolute atomic E-state index is 0.254. The Hall–Kier alpha value is -2.47. The van der Waals surface area contributed by atoms with Crippen molar-refractivity contribution in [3.63, 3.8) is 0 Å². The molecule has 0 bridgehead atoms. The van der Waals surface area contributed by atoms with Crippen LogP contribution in [0.4, 0.5) is 5.13 Å². The third kappa shape index (κ3) is 2.46. The summed E-state index contributed by atoms with van der Waals surface area (Å²) in [5.41, 5.74) is 1.93. The highest BCUT2D eigenvalue weighted by atomic mass is 32.1. The molecule has 100 valence electrons. The topological polar surface area (TPSA) is 68.0 Å². The number of carbonyl (C=O) groups is 1. The van der Waals surface area contributed by atoms with Gasteiger partial charge in [0.15, 0.2) is 23.0 Å². The number of carbonyl (C=O) groups excluding carboxylic acids is 1. The number of aromatic nitrogens is 2. The van der Waals surface area contributed by atoms with Gasteiger partial charge in [-0.15, -0.1) is 11.3 Å². The van der Waals surface area contributed by atoms with E-state index < -0.39 is 0 Å². The van der Waals surface area contributed by atoms with Gasteiger partial charge in [0.25, 0.3) is 5.91 Å². The molecule has 2 aromatic heterocycles. The summed E-state index contributed by atoms with van der Waals surface area (Å²) in [6, 6.07) is 9.39. The summed E-state index contributed by atoms with van der Waals surface area (Å²) in [5, 5.41) is 5.14. The van der Waals surface area contributed by atoms with Gasteiger partial charge in [-0.1, -0.05) is 30.3 Å². The van der Waals surface area contributed by atoms with Crippen LogP contribution in [0.15, 0.2) is 46.5 Å². The number of amides is 1. The number of anilines is 1. The average molecular weight is 285 g/mol. The molecule has 1 aromatic carbocycles. The number of nitrogens with one attached hydrogen (secondary N) is 1. The zero-order valence-corrected chi connectivity index (χ0v) is 11.5. The number of oxazole rings is 1. The number of nitrogens with zero attached hydrogens (tertiary/aromatic N) is 2. The molecule has 0 aliphatic rings. The molecule has 0 fully saturated rings. The maximum atomic E-state index is 12.2. The Morgan fingerprint density at radius 3 is 2.80 bits per heavy atom. The van der Waals surface area contributed by atoms with Gasteiger partial charge in [0.05, 0.1) is 5.69 Å². The van der Waals surface area contributed by atoms with Crippen LogP contribution in [0, 0.1) is 6.92 Å². The molecule has 1 amide bonds. The van der Waals surface area contributed by atoms with Crippen LogP contribution in [0.5, 0.6) is 0 Å². The molecule has 5 nitrogen and oxygen atoms in total. The summed E-state index contributed by atoms with van der Waals surface area (Å²) >= 11 is 1.38. The lowest BCUT2D eigenvalue weighted by atomic mass is 10.1. The summed E-state index contributed by atoms with van der Waals surface area (Å²) in [7, 11) is 0. The lowest BCUT2D eigenvalue weighted by Gasteiger charge is -2.01. The zero-order valence-electron chi connectivity index (χ0n) is 10.7. The molecule has 0 unspecified atom stereocenters. The third-order valence-electron chi connectivity index (χ3n) is 2.66. The van der Waals surface area contributed by atoms with Gasteiger partial charge in [-0.2, -0.15) is 0 Å². The Bertz CT molecular complexity index is 734. The molecule has 0 aliphatic heterocycles. The van der Waals surface area contributed by atoms with Gasteiger partial charge >= 0.3 is 0 Å². The van der Waals surface area contributed by atoms with Crippen molar-refractivity contribution in [3.05, 3.63) is 53.5 Å². The SMILES string of the molecule is Cc1csc(NC(=O)c2ncoc2-c2ccccc2)n1. The molecule has 0 aliphatic carbocycles. The lowest BCUT2D eigenvalue weighted by molar-refractivity contribution is 0.102. The van der Waals surface area contributed by atoms with Crippen LogP contribution in [0.1, 0.15) is 16.2 Å². The highest BCUT2D eigenvalue weighted by Gasteiger charge is 2.19. The third-order valence-corrected chi connectivity index (χ3v) is 3.53. The van der Waals surface area contributed by atoms with Crippen molar-refractivity contribution < 1.29 is 9.21 Å². The van der Waals surface area contributed by atoms with Crippen LogP contribution in [0.2, 0.25) is 0 Å². The summed E-state index contributed by atoms with van der Waals surface area (Å²) in [6.07, 6.45) is 1.27. The summed E-state index contributed by atoms with van der Waals surface area (Å²) in [4.78, 5) is 20.4. The fourth-order valence-corrected chi connectivity index (χ4v) is 2.45. The Kier molecular flexibility index (Phi) is 3.30. The van der Waals surface area contributed by atoms with Crippen LogP contribution in [0.3, 0.4) is 0 Å². The first-order valence-electron chi connectivity index (χ1n) is 5.96. The largest absolute Gasteiger partial charge is 0.443 e. The van der Waals surface area contributed by atoms with E-state index >= 15 is 0 Å². The second-order valence-corrected chi connectivity index (χ2v) is 5.00. The highest BCUT2D eigenvalue weighted by Crippen LogP contribution is 2.24. The maximum Gasteiger partial charge on any atom is 0.280 e. The second kappa shape index (κ2) is 5.26. The smallest absolute Gasteiger partial charge is 0.280 e. The monoisotopic (exact) mass is 285 g/mol. The molecule has 0 spiro atoms. The fraction of sp³-hybridized carbons (Fsp3) is 0.0714. The first-order valence-corrected chi connectivity index (χ1v) is 6.84. The predicted molar refractivity (Wildman–Crippen MR) is 76.7 cm³/mol. The minimum atomic E-state index is -0.327. The van der Waals surface area contributed by atoms with Crippen LogP contribution in [-0.2, 0) is 0 Å². The summed E-state index contributed by atoms with van der Waals surface area (Å²) < 4.78 is 5.33. The molecule has 0 saturated carbocycles. The van der Waals surface area contributed by atoms with Gasteiger partial charge in [-0.25, -0.2) is 9.97 Å². The molecule has 20 heavy (non-hydrogen) atoms. The number of hydrogen-bond donors (Lipinski definition) is 1. The summed E-state index contributed by atoms with van der Waals surface area (Å²) in [5.74, 6) is 0.128. The number of hydrogen-bond acceptors (Lipinski definition) is 5. The van der Waals surface area contributed by atoms with E-state index in [0.29, 0.717) is 10.9 Å². The first-order chi connectivity index (χ1) is 9.74. The normalized spacial score (nSPS) is 10.4. The molecule has 1 N–H and O–H groups in total.